The Morgan fingerprint density at radius 3 is 2.83 bits per heavy atom. The summed E-state index contributed by atoms with van der Waals surface area (Å²) in [6.07, 6.45) is 5.38. The summed E-state index contributed by atoms with van der Waals surface area (Å²) in [4.78, 5) is 3.70. The monoisotopic (exact) mass is 306 g/mol. The highest BCUT2D eigenvalue weighted by molar-refractivity contribution is 7.91. The number of hydrogen-bond donors (Lipinski definition) is 1. The van der Waals surface area contributed by atoms with Crippen LogP contribution >= 0.6 is 22.9 Å². The van der Waals surface area contributed by atoms with Crippen LogP contribution in [0.25, 0.3) is 0 Å². The van der Waals surface area contributed by atoms with Crippen LogP contribution in [0.2, 0.25) is 4.47 Å². The molecule has 0 saturated heterocycles. The third-order valence-electron chi connectivity index (χ3n) is 2.19. The van der Waals surface area contributed by atoms with Crippen molar-refractivity contribution in [3.63, 3.8) is 0 Å². The Morgan fingerprint density at radius 2 is 2.28 bits per heavy atom. The van der Waals surface area contributed by atoms with Crippen molar-refractivity contribution in [1.82, 2.24) is 19.5 Å². The summed E-state index contributed by atoms with van der Waals surface area (Å²) in [5.74, 6) is 0. The average molecular weight is 307 g/mol. The number of halogens is 1. The molecule has 0 aliphatic heterocycles. The van der Waals surface area contributed by atoms with Gasteiger partial charge in [0.1, 0.15) is 0 Å². The second-order valence-electron chi connectivity index (χ2n) is 3.60. The summed E-state index contributed by atoms with van der Waals surface area (Å²) in [7, 11) is -1.70. The third kappa shape index (κ3) is 3.29. The largest absolute Gasteiger partial charge is 0.276 e. The molecule has 9 heteroatoms. The first-order chi connectivity index (χ1) is 8.47. The minimum atomic E-state index is -3.51. The highest BCUT2D eigenvalue weighted by Crippen LogP contribution is 2.21. The molecule has 2 heterocycles. The summed E-state index contributed by atoms with van der Waals surface area (Å²) in [6, 6.07) is 0. The molecule has 0 radical (unpaired) electrons. The zero-order chi connectivity index (χ0) is 13.2. The molecule has 2 aromatic heterocycles. The Balaban J connectivity index is 1.93. The standard InChI is InChI=1S/C9H11ClN4O2S2/c1-14-6-7(4-12-14)2-3-13-18(15,16)8-5-11-9(10)17-8/h4-6,13H,2-3H2,1H3. The van der Waals surface area contributed by atoms with E-state index in [-0.39, 0.29) is 8.68 Å². The number of nitrogens with zero attached hydrogens (tertiary/aromatic N) is 3. The van der Waals surface area contributed by atoms with Crippen molar-refractivity contribution < 1.29 is 8.42 Å². The Bertz CT molecular complexity index is 635. The fourth-order valence-corrected chi connectivity index (χ4v) is 3.73. The van der Waals surface area contributed by atoms with Crippen LogP contribution in [0, 0.1) is 0 Å². The van der Waals surface area contributed by atoms with E-state index in [1.54, 1.807) is 10.9 Å². The van der Waals surface area contributed by atoms with Gasteiger partial charge in [-0.2, -0.15) is 5.10 Å². The van der Waals surface area contributed by atoms with E-state index in [2.05, 4.69) is 14.8 Å². The van der Waals surface area contributed by atoms with E-state index in [4.69, 9.17) is 11.6 Å². The molecular formula is C9H11ClN4O2S2. The van der Waals surface area contributed by atoms with E-state index in [9.17, 15) is 8.42 Å². The van der Waals surface area contributed by atoms with Gasteiger partial charge in [0.25, 0.3) is 10.0 Å². The fraction of sp³-hybridized carbons (Fsp3) is 0.333. The van der Waals surface area contributed by atoms with Crippen molar-refractivity contribution in [3.8, 4) is 0 Å². The minimum Gasteiger partial charge on any atom is -0.276 e. The molecule has 18 heavy (non-hydrogen) atoms. The van der Waals surface area contributed by atoms with Gasteiger partial charge in [0.2, 0.25) is 0 Å². The molecule has 0 fully saturated rings. The number of rotatable bonds is 5. The van der Waals surface area contributed by atoms with Crippen LogP contribution in [-0.2, 0) is 23.5 Å². The maximum atomic E-state index is 11.8. The van der Waals surface area contributed by atoms with Crippen molar-refractivity contribution in [3.05, 3.63) is 28.6 Å². The summed E-state index contributed by atoms with van der Waals surface area (Å²) in [6.45, 7) is 0.309. The number of hydrogen-bond acceptors (Lipinski definition) is 5. The van der Waals surface area contributed by atoms with E-state index in [0.29, 0.717) is 13.0 Å². The molecule has 0 unspecified atom stereocenters. The quantitative estimate of drug-likeness (QED) is 0.896. The lowest BCUT2D eigenvalue weighted by atomic mass is 10.3. The molecule has 0 amide bonds. The van der Waals surface area contributed by atoms with Gasteiger partial charge in [-0.1, -0.05) is 22.9 Å². The highest BCUT2D eigenvalue weighted by Gasteiger charge is 2.16. The Kier molecular flexibility index (Phi) is 4.00. The normalized spacial score (nSPS) is 11.9. The Morgan fingerprint density at radius 1 is 1.50 bits per heavy atom. The summed E-state index contributed by atoms with van der Waals surface area (Å²) >= 11 is 6.54. The topological polar surface area (TPSA) is 76.9 Å². The number of nitrogens with one attached hydrogen (secondary N) is 1. The van der Waals surface area contributed by atoms with Gasteiger partial charge in [-0.05, 0) is 12.0 Å². The smallest absolute Gasteiger partial charge is 0.251 e. The van der Waals surface area contributed by atoms with Crippen LogP contribution in [0.5, 0.6) is 0 Å². The molecule has 2 aromatic rings. The molecule has 0 aliphatic carbocycles. The predicted octanol–water partition coefficient (Wildman–Crippen LogP) is 1.05. The Labute approximate surface area is 114 Å². The average Bonchev–Trinajstić information content (AvgIpc) is 2.88. The van der Waals surface area contributed by atoms with Crippen LogP contribution in [-0.4, -0.2) is 29.7 Å². The molecule has 98 valence electrons. The van der Waals surface area contributed by atoms with E-state index in [1.165, 1.54) is 6.20 Å². The molecular weight excluding hydrogens is 296 g/mol. The first kappa shape index (κ1) is 13.5. The number of aryl methyl sites for hydroxylation is 1. The van der Waals surface area contributed by atoms with Gasteiger partial charge < -0.3 is 0 Å². The van der Waals surface area contributed by atoms with Crippen LogP contribution in [0.15, 0.2) is 22.8 Å². The first-order valence-electron chi connectivity index (χ1n) is 5.06. The Hall–Kier alpha value is -0.960. The van der Waals surface area contributed by atoms with Crippen LogP contribution in [0.1, 0.15) is 5.56 Å². The summed E-state index contributed by atoms with van der Waals surface area (Å²) < 4.78 is 28.1. The van der Waals surface area contributed by atoms with Crippen molar-refractivity contribution in [1.29, 1.82) is 0 Å². The molecule has 0 saturated carbocycles. The summed E-state index contributed by atoms with van der Waals surface area (Å²) in [5, 5.41) is 4.01. The van der Waals surface area contributed by atoms with Gasteiger partial charge in [0.15, 0.2) is 8.68 Å². The maximum absolute atomic E-state index is 11.8. The van der Waals surface area contributed by atoms with Crippen molar-refractivity contribution >= 4 is 33.0 Å². The molecule has 0 atom stereocenters. The lowest BCUT2D eigenvalue weighted by molar-refractivity contribution is 0.583. The zero-order valence-electron chi connectivity index (χ0n) is 9.50. The lowest BCUT2D eigenvalue weighted by Gasteiger charge is -2.02. The second kappa shape index (κ2) is 5.35. The van der Waals surface area contributed by atoms with E-state index >= 15 is 0 Å². The van der Waals surface area contributed by atoms with Gasteiger partial charge in [0, 0.05) is 19.8 Å². The van der Waals surface area contributed by atoms with Crippen LogP contribution < -0.4 is 4.72 Å². The van der Waals surface area contributed by atoms with Crippen molar-refractivity contribution in [2.24, 2.45) is 7.05 Å². The van der Waals surface area contributed by atoms with E-state index in [1.807, 2.05) is 13.2 Å². The SMILES string of the molecule is Cn1cc(CCNS(=O)(=O)c2cnc(Cl)s2)cn1. The fourth-order valence-electron chi connectivity index (χ4n) is 1.37. The second-order valence-corrected chi connectivity index (χ2v) is 7.21. The van der Waals surface area contributed by atoms with Crippen molar-refractivity contribution in [2.75, 3.05) is 6.54 Å². The third-order valence-corrected chi connectivity index (χ3v) is 5.22. The predicted molar refractivity (Wildman–Crippen MR) is 69.2 cm³/mol. The molecule has 6 nitrogen and oxygen atoms in total. The molecule has 0 aliphatic rings. The van der Waals surface area contributed by atoms with Gasteiger partial charge in [-0.15, -0.1) is 0 Å². The van der Waals surface area contributed by atoms with Gasteiger partial charge in [-0.25, -0.2) is 18.1 Å². The highest BCUT2D eigenvalue weighted by atomic mass is 35.5. The van der Waals surface area contributed by atoms with E-state index < -0.39 is 10.0 Å². The first-order valence-corrected chi connectivity index (χ1v) is 7.73. The minimum absolute atomic E-state index is 0.124. The molecule has 0 spiro atoms. The van der Waals surface area contributed by atoms with Gasteiger partial charge >= 0.3 is 0 Å². The van der Waals surface area contributed by atoms with Crippen molar-refractivity contribution in [2.45, 2.75) is 10.6 Å². The maximum Gasteiger partial charge on any atom is 0.251 e. The molecule has 2 rings (SSSR count). The zero-order valence-corrected chi connectivity index (χ0v) is 11.9. The number of sulfonamides is 1. The molecule has 0 aromatic carbocycles. The van der Waals surface area contributed by atoms with Crippen LogP contribution in [0.3, 0.4) is 0 Å². The van der Waals surface area contributed by atoms with Gasteiger partial charge in [-0.3, -0.25) is 4.68 Å². The summed E-state index contributed by atoms with van der Waals surface area (Å²) in [5.41, 5.74) is 0.975. The molecule has 0 bridgehead atoms. The van der Waals surface area contributed by atoms with Crippen LogP contribution in [0.4, 0.5) is 0 Å². The van der Waals surface area contributed by atoms with Gasteiger partial charge in [0.05, 0.1) is 12.4 Å². The lowest BCUT2D eigenvalue weighted by Crippen LogP contribution is -2.25. The number of aromatic nitrogens is 3. The van der Waals surface area contributed by atoms with E-state index in [0.717, 1.165) is 16.9 Å². The number of thiazole rings is 1. The molecule has 1 N–H and O–H groups in total.